The van der Waals surface area contributed by atoms with Crippen LogP contribution in [-0.4, -0.2) is 96.5 Å². The van der Waals surface area contributed by atoms with E-state index in [-0.39, 0.29) is 17.3 Å². The molecule has 17 heteroatoms. The molecule has 0 amide bonds. The highest BCUT2D eigenvalue weighted by atomic mass is 32.2. The van der Waals surface area contributed by atoms with Gasteiger partial charge in [0, 0.05) is 38.6 Å². The largest absolute Gasteiger partial charge is 0.490 e. The number of ether oxygens (including phenoxy) is 1. The Bertz CT molecular complexity index is 1280. The second kappa shape index (κ2) is 15.6. The molecular weight excluding hydrogens is 624 g/mol. The van der Waals surface area contributed by atoms with Gasteiger partial charge in [-0.05, 0) is 48.9 Å². The fourth-order valence-electron chi connectivity index (χ4n) is 4.69. The van der Waals surface area contributed by atoms with Crippen molar-refractivity contribution in [1.82, 2.24) is 14.2 Å². The van der Waals surface area contributed by atoms with Crippen LogP contribution in [0.15, 0.2) is 54.9 Å². The number of alkyl halides is 6. The monoisotopic (exact) mass is 657 g/mol. The Morgan fingerprint density at radius 1 is 0.977 bits per heavy atom. The minimum absolute atomic E-state index is 0.0824. The number of hydrogen-bond acceptors (Lipinski definition) is 7. The SMILES string of the molecule is CN(Cc1cccnc1)CC1CC2(CCN(S(=O)(=O)Cc3ccccc3)CC2)CO1.O=C(O)C(F)(F)F.O=C(O)C(F)(F)F. The number of aromatic nitrogens is 1. The summed E-state index contributed by atoms with van der Waals surface area (Å²) in [6.45, 7) is 3.66. The first kappa shape index (κ1) is 36.9. The molecule has 10 nitrogen and oxygen atoms in total. The molecule has 246 valence electrons. The van der Waals surface area contributed by atoms with Crippen molar-refractivity contribution in [3.8, 4) is 0 Å². The maximum atomic E-state index is 12.8. The molecule has 0 aliphatic carbocycles. The molecule has 3 heterocycles. The van der Waals surface area contributed by atoms with Gasteiger partial charge in [-0.15, -0.1) is 0 Å². The van der Waals surface area contributed by atoms with E-state index >= 15 is 0 Å². The molecule has 44 heavy (non-hydrogen) atoms. The number of aliphatic carboxylic acids is 2. The number of likely N-dealkylation sites (N-methyl/N-ethyl adjacent to an activating group) is 1. The number of sulfonamides is 1. The lowest BCUT2D eigenvalue weighted by Crippen LogP contribution is -2.44. The molecule has 2 aromatic rings. The van der Waals surface area contributed by atoms with E-state index in [2.05, 4.69) is 23.0 Å². The van der Waals surface area contributed by atoms with Gasteiger partial charge in [-0.2, -0.15) is 26.3 Å². The summed E-state index contributed by atoms with van der Waals surface area (Å²) in [5.41, 5.74) is 2.17. The first-order chi connectivity index (χ1) is 20.3. The zero-order valence-corrected chi connectivity index (χ0v) is 24.4. The van der Waals surface area contributed by atoms with Crippen LogP contribution in [0.2, 0.25) is 0 Å². The van der Waals surface area contributed by atoms with Gasteiger partial charge in [0.05, 0.1) is 18.5 Å². The van der Waals surface area contributed by atoms with Crippen molar-refractivity contribution < 1.29 is 59.3 Å². The third kappa shape index (κ3) is 12.4. The molecule has 2 aliphatic heterocycles. The van der Waals surface area contributed by atoms with Gasteiger partial charge in [0.15, 0.2) is 0 Å². The van der Waals surface area contributed by atoms with E-state index in [1.165, 1.54) is 5.56 Å². The molecule has 1 atom stereocenters. The van der Waals surface area contributed by atoms with Gasteiger partial charge in [-0.25, -0.2) is 22.3 Å². The first-order valence-electron chi connectivity index (χ1n) is 13.1. The van der Waals surface area contributed by atoms with E-state index in [4.69, 9.17) is 24.5 Å². The van der Waals surface area contributed by atoms with E-state index in [9.17, 15) is 34.8 Å². The molecule has 4 rings (SSSR count). The van der Waals surface area contributed by atoms with Gasteiger partial charge in [-0.3, -0.25) is 9.88 Å². The molecule has 0 bridgehead atoms. The number of halogens is 6. The summed E-state index contributed by atoms with van der Waals surface area (Å²) < 4.78 is 96.9. The average molecular weight is 658 g/mol. The molecule has 2 aliphatic rings. The lowest BCUT2D eigenvalue weighted by atomic mass is 9.77. The number of carboxylic acid groups (broad SMARTS) is 2. The van der Waals surface area contributed by atoms with E-state index in [1.807, 2.05) is 42.6 Å². The predicted octanol–water partition coefficient (Wildman–Crippen LogP) is 4.18. The van der Waals surface area contributed by atoms with Crippen LogP contribution in [0.4, 0.5) is 26.3 Å². The Morgan fingerprint density at radius 3 is 1.98 bits per heavy atom. The number of carbonyl (C=O) groups is 2. The van der Waals surface area contributed by atoms with Crippen LogP contribution in [0.5, 0.6) is 0 Å². The predicted molar refractivity (Wildman–Crippen MR) is 145 cm³/mol. The molecule has 0 radical (unpaired) electrons. The number of hydrogen-bond donors (Lipinski definition) is 2. The molecule has 2 N–H and O–H groups in total. The zero-order valence-electron chi connectivity index (χ0n) is 23.6. The molecule has 2 fully saturated rings. The van der Waals surface area contributed by atoms with Crippen molar-refractivity contribution in [2.24, 2.45) is 5.41 Å². The number of nitrogens with zero attached hydrogens (tertiary/aromatic N) is 3. The normalized spacial score (nSPS) is 18.6. The standard InChI is InChI=1S/C23H31N3O3S.2C2HF3O2/c1-25(16-21-8-5-11-24-15-21)17-22-14-23(19-29-22)9-12-26(13-10-23)30(27,28)18-20-6-3-2-4-7-20;2*3-2(4,5)1(6)7/h2-8,11,15,22H,9-10,12-14,16-19H2,1H3;2*(H,6,7). The fraction of sp³-hybridized carbons (Fsp3) is 0.519. The van der Waals surface area contributed by atoms with Crippen LogP contribution >= 0.6 is 0 Å². The third-order valence-corrected chi connectivity index (χ3v) is 8.68. The van der Waals surface area contributed by atoms with Crippen LogP contribution in [0.25, 0.3) is 0 Å². The average Bonchev–Trinajstić information content (AvgIpc) is 3.30. The maximum Gasteiger partial charge on any atom is 0.490 e. The Balaban J connectivity index is 0.000000402. The summed E-state index contributed by atoms with van der Waals surface area (Å²) in [5, 5.41) is 14.2. The lowest BCUT2D eigenvalue weighted by molar-refractivity contribution is -0.193. The molecule has 2 saturated heterocycles. The van der Waals surface area contributed by atoms with Gasteiger partial charge in [-0.1, -0.05) is 36.4 Å². The summed E-state index contributed by atoms with van der Waals surface area (Å²) in [4.78, 5) is 24.2. The Morgan fingerprint density at radius 2 is 1.50 bits per heavy atom. The zero-order chi connectivity index (χ0) is 33.2. The van der Waals surface area contributed by atoms with Crippen molar-refractivity contribution >= 4 is 22.0 Å². The first-order valence-corrected chi connectivity index (χ1v) is 14.7. The van der Waals surface area contributed by atoms with Gasteiger partial charge in [0.2, 0.25) is 10.0 Å². The summed E-state index contributed by atoms with van der Waals surface area (Å²) >= 11 is 0. The number of rotatable bonds is 7. The van der Waals surface area contributed by atoms with E-state index < -0.39 is 34.3 Å². The van der Waals surface area contributed by atoms with Gasteiger partial charge in [0.25, 0.3) is 0 Å². The Hall–Kier alpha value is -3.28. The second-order valence-corrected chi connectivity index (χ2v) is 12.4. The number of benzene rings is 1. The minimum Gasteiger partial charge on any atom is -0.475 e. The summed E-state index contributed by atoms with van der Waals surface area (Å²) in [6, 6.07) is 13.5. The molecule has 1 aromatic heterocycles. The smallest absolute Gasteiger partial charge is 0.475 e. The summed E-state index contributed by atoms with van der Waals surface area (Å²) in [6.07, 6.45) is -3.50. The van der Waals surface area contributed by atoms with Gasteiger partial charge < -0.3 is 14.9 Å². The summed E-state index contributed by atoms with van der Waals surface area (Å²) in [7, 11) is -1.16. The number of carboxylic acids is 2. The number of piperidine rings is 1. The lowest BCUT2D eigenvalue weighted by Gasteiger charge is -2.37. The van der Waals surface area contributed by atoms with Crippen LogP contribution < -0.4 is 0 Å². The van der Waals surface area contributed by atoms with E-state index in [1.54, 1.807) is 10.5 Å². The highest BCUT2D eigenvalue weighted by Crippen LogP contribution is 2.42. The maximum absolute atomic E-state index is 12.8. The van der Waals surface area contributed by atoms with Crippen molar-refractivity contribution in [3.05, 3.63) is 66.0 Å². The van der Waals surface area contributed by atoms with Crippen LogP contribution in [-0.2, 0) is 36.6 Å². The summed E-state index contributed by atoms with van der Waals surface area (Å²) in [5.74, 6) is -5.43. The minimum atomic E-state index is -5.08. The molecular formula is C27H33F6N3O7S. The van der Waals surface area contributed by atoms with Gasteiger partial charge in [0.1, 0.15) is 0 Å². The van der Waals surface area contributed by atoms with Crippen LogP contribution in [0, 0.1) is 5.41 Å². The quantitative estimate of drug-likeness (QED) is 0.420. The van der Waals surface area contributed by atoms with Crippen LogP contribution in [0.3, 0.4) is 0 Å². The Labute approximate surface area is 250 Å². The Kier molecular flexibility index (Phi) is 13.1. The van der Waals surface area contributed by atoms with Crippen molar-refractivity contribution in [2.75, 3.05) is 33.3 Å². The highest BCUT2D eigenvalue weighted by molar-refractivity contribution is 7.88. The van der Waals surface area contributed by atoms with E-state index in [0.29, 0.717) is 13.1 Å². The molecule has 0 saturated carbocycles. The van der Waals surface area contributed by atoms with Gasteiger partial charge >= 0.3 is 24.3 Å². The van der Waals surface area contributed by atoms with Crippen molar-refractivity contribution in [2.45, 2.75) is 50.0 Å². The third-order valence-electron chi connectivity index (χ3n) is 6.83. The fourth-order valence-corrected chi connectivity index (χ4v) is 6.23. The van der Waals surface area contributed by atoms with E-state index in [0.717, 1.165) is 44.5 Å². The van der Waals surface area contributed by atoms with Crippen molar-refractivity contribution in [3.63, 3.8) is 0 Å². The highest BCUT2D eigenvalue weighted by Gasteiger charge is 2.44. The van der Waals surface area contributed by atoms with Crippen LogP contribution in [0.1, 0.15) is 30.4 Å². The second-order valence-electron chi connectivity index (χ2n) is 10.4. The molecule has 1 unspecified atom stereocenters. The topological polar surface area (TPSA) is 137 Å². The molecule has 1 aromatic carbocycles. The molecule has 1 spiro atoms. The van der Waals surface area contributed by atoms with Crippen molar-refractivity contribution in [1.29, 1.82) is 0 Å². The number of pyridine rings is 1.